The number of amides is 3. The smallest absolute Gasteiger partial charge is 0.408 e. The first-order chi connectivity index (χ1) is 13.4. The Labute approximate surface area is 165 Å². The molecule has 9 nitrogen and oxygen atoms in total. The average molecular weight is 409 g/mol. The predicted octanol–water partition coefficient (Wildman–Crippen LogP) is 1.19. The van der Waals surface area contributed by atoms with Crippen LogP contribution < -0.4 is 16.6 Å². The first-order valence-electron chi connectivity index (χ1n) is 9.08. The molecule has 2 heterocycles. The van der Waals surface area contributed by atoms with Gasteiger partial charge in [0.25, 0.3) is 5.91 Å². The standard InChI is InChI=1S/C18H21ClN4O5/c19-12-5-6-13-14(10-12)28-18(27)23(13)9-7-15(24)20-21-16(25)11-22-8-3-1-2-4-17(22)26/h5-6,10H,1-4,7-9,11H2,(H,20,24)(H,21,25). The zero-order chi connectivity index (χ0) is 20.1. The van der Waals surface area contributed by atoms with Crippen molar-refractivity contribution in [3.05, 3.63) is 33.8 Å². The van der Waals surface area contributed by atoms with E-state index in [1.807, 2.05) is 0 Å². The zero-order valence-electron chi connectivity index (χ0n) is 15.2. The van der Waals surface area contributed by atoms with Gasteiger partial charge < -0.3 is 9.32 Å². The van der Waals surface area contributed by atoms with Crippen LogP contribution in [0.5, 0.6) is 0 Å². The highest BCUT2D eigenvalue weighted by molar-refractivity contribution is 6.31. The second-order valence-corrected chi connectivity index (χ2v) is 7.04. The molecule has 0 aliphatic carbocycles. The van der Waals surface area contributed by atoms with Crippen LogP contribution in [0.25, 0.3) is 11.1 Å². The molecule has 3 rings (SSSR count). The van der Waals surface area contributed by atoms with Crippen LogP contribution in [-0.2, 0) is 20.9 Å². The molecular formula is C18H21ClN4O5. The summed E-state index contributed by atoms with van der Waals surface area (Å²) >= 11 is 5.87. The van der Waals surface area contributed by atoms with E-state index in [1.165, 1.54) is 15.5 Å². The number of benzene rings is 1. The van der Waals surface area contributed by atoms with Crippen LogP contribution in [-0.4, -0.2) is 40.3 Å². The van der Waals surface area contributed by atoms with Crippen molar-refractivity contribution in [2.24, 2.45) is 0 Å². The van der Waals surface area contributed by atoms with E-state index in [9.17, 15) is 19.2 Å². The maximum Gasteiger partial charge on any atom is 0.419 e. The number of rotatable bonds is 5. The molecule has 1 aromatic heterocycles. The van der Waals surface area contributed by atoms with E-state index in [0.29, 0.717) is 29.1 Å². The summed E-state index contributed by atoms with van der Waals surface area (Å²) in [5.74, 6) is -1.58. The summed E-state index contributed by atoms with van der Waals surface area (Å²) in [7, 11) is 0. The van der Waals surface area contributed by atoms with Gasteiger partial charge in [-0.3, -0.25) is 29.8 Å². The molecule has 1 aliphatic rings. The Kier molecular flexibility index (Phi) is 6.35. The van der Waals surface area contributed by atoms with Gasteiger partial charge in [0.15, 0.2) is 5.58 Å². The minimum absolute atomic E-state index is 0.0416. The third-order valence-corrected chi connectivity index (χ3v) is 4.78. The van der Waals surface area contributed by atoms with E-state index in [1.54, 1.807) is 12.1 Å². The Morgan fingerprint density at radius 3 is 2.71 bits per heavy atom. The van der Waals surface area contributed by atoms with Gasteiger partial charge in [0.05, 0.1) is 5.52 Å². The molecule has 2 N–H and O–H groups in total. The second kappa shape index (κ2) is 8.92. The molecule has 0 radical (unpaired) electrons. The lowest BCUT2D eigenvalue weighted by Gasteiger charge is -2.19. The summed E-state index contributed by atoms with van der Waals surface area (Å²) in [4.78, 5) is 49.3. The number of likely N-dealkylation sites (tertiary alicyclic amines) is 1. The van der Waals surface area contributed by atoms with Gasteiger partial charge in [-0.05, 0) is 25.0 Å². The average Bonchev–Trinajstić information content (AvgIpc) is 2.82. The summed E-state index contributed by atoms with van der Waals surface area (Å²) in [5, 5.41) is 0.441. The van der Waals surface area contributed by atoms with Gasteiger partial charge in [-0.15, -0.1) is 0 Å². The van der Waals surface area contributed by atoms with Gasteiger partial charge in [0, 0.05) is 37.0 Å². The van der Waals surface area contributed by atoms with E-state index >= 15 is 0 Å². The van der Waals surface area contributed by atoms with Gasteiger partial charge in [-0.2, -0.15) is 0 Å². The Morgan fingerprint density at radius 1 is 1.11 bits per heavy atom. The van der Waals surface area contributed by atoms with E-state index in [4.69, 9.17) is 16.0 Å². The molecule has 150 valence electrons. The molecule has 1 fully saturated rings. The number of hydrazine groups is 1. The van der Waals surface area contributed by atoms with E-state index < -0.39 is 17.6 Å². The third-order valence-electron chi connectivity index (χ3n) is 4.54. The van der Waals surface area contributed by atoms with Gasteiger partial charge in [-0.25, -0.2) is 4.79 Å². The quantitative estimate of drug-likeness (QED) is 0.721. The highest BCUT2D eigenvalue weighted by atomic mass is 35.5. The highest BCUT2D eigenvalue weighted by Crippen LogP contribution is 2.18. The van der Waals surface area contributed by atoms with Gasteiger partial charge in [0.1, 0.15) is 6.54 Å². The lowest BCUT2D eigenvalue weighted by Crippen LogP contribution is -2.47. The minimum Gasteiger partial charge on any atom is -0.408 e. The molecule has 0 unspecified atom stereocenters. The Bertz CT molecular complexity index is 951. The van der Waals surface area contributed by atoms with Crippen LogP contribution >= 0.6 is 11.6 Å². The number of fused-ring (bicyclic) bond motifs is 1. The first-order valence-corrected chi connectivity index (χ1v) is 9.46. The summed E-state index contributed by atoms with van der Waals surface area (Å²) in [5.41, 5.74) is 5.47. The second-order valence-electron chi connectivity index (χ2n) is 6.60. The fraction of sp³-hybridized carbons (Fsp3) is 0.444. The normalized spacial score (nSPS) is 14.8. The largest absolute Gasteiger partial charge is 0.419 e. The number of carbonyl (C=O) groups is 3. The minimum atomic E-state index is -0.589. The number of aromatic nitrogens is 1. The molecule has 3 amide bonds. The maximum atomic E-state index is 12.0. The lowest BCUT2D eigenvalue weighted by atomic mass is 10.2. The van der Waals surface area contributed by atoms with Gasteiger partial charge >= 0.3 is 5.76 Å². The summed E-state index contributed by atoms with van der Waals surface area (Å²) in [6.45, 7) is 0.534. The maximum absolute atomic E-state index is 12.0. The number of halogens is 1. The molecule has 0 spiro atoms. The molecule has 0 atom stereocenters. The van der Waals surface area contributed by atoms with Crippen LogP contribution in [0.3, 0.4) is 0 Å². The van der Waals surface area contributed by atoms with Crippen molar-refractivity contribution in [3.63, 3.8) is 0 Å². The van der Waals surface area contributed by atoms with Crippen LogP contribution in [0.2, 0.25) is 5.02 Å². The van der Waals surface area contributed by atoms with Crippen LogP contribution in [0.4, 0.5) is 0 Å². The van der Waals surface area contributed by atoms with Crippen molar-refractivity contribution < 1.29 is 18.8 Å². The number of hydrogen-bond donors (Lipinski definition) is 2. The van der Waals surface area contributed by atoms with Crippen molar-refractivity contribution >= 4 is 40.4 Å². The molecule has 1 aliphatic heterocycles. The van der Waals surface area contributed by atoms with Crippen molar-refractivity contribution in [3.8, 4) is 0 Å². The van der Waals surface area contributed by atoms with Gasteiger partial charge in [-0.1, -0.05) is 18.0 Å². The van der Waals surface area contributed by atoms with Crippen LogP contribution in [0.1, 0.15) is 32.1 Å². The molecule has 28 heavy (non-hydrogen) atoms. The Hall–Kier alpha value is -2.81. The molecule has 2 aromatic rings. The van der Waals surface area contributed by atoms with Crippen LogP contribution in [0, 0.1) is 0 Å². The first kappa shape index (κ1) is 19.9. The highest BCUT2D eigenvalue weighted by Gasteiger charge is 2.19. The molecule has 1 aromatic carbocycles. The summed E-state index contributed by atoms with van der Waals surface area (Å²) in [6, 6.07) is 4.79. The van der Waals surface area contributed by atoms with Crippen molar-refractivity contribution in [1.29, 1.82) is 0 Å². The fourth-order valence-corrected chi connectivity index (χ4v) is 3.25. The summed E-state index contributed by atoms with van der Waals surface area (Å²) in [6.07, 6.45) is 3.07. The van der Waals surface area contributed by atoms with Gasteiger partial charge in [0.2, 0.25) is 11.8 Å². The zero-order valence-corrected chi connectivity index (χ0v) is 16.0. The number of aryl methyl sites for hydroxylation is 1. The third kappa shape index (κ3) is 4.92. The Balaban J connectivity index is 1.48. The van der Waals surface area contributed by atoms with Crippen molar-refractivity contribution in [1.82, 2.24) is 20.3 Å². The SMILES string of the molecule is O=C(CCn1c(=O)oc2cc(Cl)ccc21)NNC(=O)CN1CCCCCC1=O. The molecule has 0 bridgehead atoms. The van der Waals surface area contributed by atoms with Crippen molar-refractivity contribution in [2.75, 3.05) is 13.1 Å². The molecule has 0 saturated carbocycles. The predicted molar refractivity (Wildman–Crippen MR) is 101 cm³/mol. The van der Waals surface area contributed by atoms with E-state index in [-0.39, 0.29) is 25.4 Å². The van der Waals surface area contributed by atoms with Crippen LogP contribution in [0.15, 0.2) is 27.4 Å². The number of hydrogen-bond acceptors (Lipinski definition) is 5. The van der Waals surface area contributed by atoms with E-state index in [2.05, 4.69) is 10.9 Å². The fourth-order valence-electron chi connectivity index (χ4n) is 3.09. The molecule has 10 heteroatoms. The number of carbonyl (C=O) groups excluding carboxylic acids is 3. The topological polar surface area (TPSA) is 114 Å². The lowest BCUT2D eigenvalue weighted by molar-refractivity contribution is -0.136. The van der Waals surface area contributed by atoms with Crippen molar-refractivity contribution in [2.45, 2.75) is 38.6 Å². The number of nitrogens with zero attached hydrogens (tertiary/aromatic N) is 2. The summed E-state index contributed by atoms with van der Waals surface area (Å²) < 4.78 is 6.42. The number of oxazole rings is 1. The van der Waals surface area contributed by atoms with E-state index in [0.717, 1.165) is 19.3 Å². The molecular weight excluding hydrogens is 388 g/mol. The monoisotopic (exact) mass is 408 g/mol. The Morgan fingerprint density at radius 2 is 1.89 bits per heavy atom. The number of nitrogens with one attached hydrogen (secondary N) is 2. The molecule has 1 saturated heterocycles.